The van der Waals surface area contributed by atoms with E-state index < -0.39 is 120 Å². The number of likely N-dealkylation sites (tertiary alicyclic amines) is 1. The summed E-state index contributed by atoms with van der Waals surface area (Å²) in [5.41, 5.74) is 1.01. The molecule has 7 atom stereocenters. The fraction of sp³-hybridized carbons (Fsp3) is 0.647. The number of aryl methyl sites for hydroxylation is 1. The highest BCUT2D eigenvalue weighted by Gasteiger charge is 2.48. The average molecular weight is 820 g/mol. The minimum absolute atomic E-state index is 0.00401. The van der Waals surface area contributed by atoms with E-state index >= 15 is 0 Å². The second-order valence-corrected chi connectivity index (χ2v) is 15.2. The largest absolute Gasteiger partial charge is 0.481 e. The number of carboxylic acid groups (broad SMARTS) is 2. The molecule has 2 aliphatic heterocycles. The van der Waals surface area contributed by atoms with E-state index in [-0.39, 0.29) is 38.3 Å². The molecule has 0 spiro atoms. The molecule has 1 aromatic rings. The van der Waals surface area contributed by atoms with Crippen LogP contribution in [0.4, 0.5) is 0 Å². The molecule has 314 valence electrons. The number of unbranched alkanes of at least 4 members (excludes halogenated alkanes) is 1. The maximum atomic E-state index is 13.1. The first-order chi connectivity index (χ1) is 26.3. The number of hydrogen-bond acceptors (Lipinski definition) is 15. The second-order valence-electron chi connectivity index (χ2n) is 13.6. The van der Waals surface area contributed by atoms with Crippen LogP contribution in [0.5, 0.6) is 5.75 Å². The number of benzene rings is 1. The number of aliphatic hydroxyl groups excluding tert-OH is 3. The van der Waals surface area contributed by atoms with Crippen LogP contribution in [0.2, 0.25) is 0 Å². The summed E-state index contributed by atoms with van der Waals surface area (Å²) in [6.45, 7) is 2.17. The Labute approximate surface area is 322 Å². The number of amides is 3. The van der Waals surface area contributed by atoms with Crippen LogP contribution in [0.3, 0.4) is 0 Å². The molecule has 0 aromatic heterocycles. The zero-order valence-corrected chi connectivity index (χ0v) is 31.6. The molecule has 0 bridgehead atoms. The highest BCUT2D eigenvalue weighted by Crippen LogP contribution is 2.29. The Kier molecular flexibility index (Phi) is 17.4. The van der Waals surface area contributed by atoms with Crippen molar-refractivity contribution in [3.8, 4) is 5.75 Å². The molecule has 2 heterocycles. The van der Waals surface area contributed by atoms with Gasteiger partial charge in [0.15, 0.2) is 6.10 Å². The molecule has 2 aliphatic rings. The molecule has 0 aliphatic carbocycles. The monoisotopic (exact) mass is 819 g/mol. The van der Waals surface area contributed by atoms with Crippen molar-refractivity contribution in [3.63, 3.8) is 0 Å². The van der Waals surface area contributed by atoms with Gasteiger partial charge in [-0.1, -0.05) is 26.0 Å². The van der Waals surface area contributed by atoms with Crippen molar-refractivity contribution in [3.05, 3.63) is 29.3 Å². The lowest BCUT2D eigenvalue weighted by molar-refractivity contribution is -0.271. The van der Waals surface area contributed by atoms with Crippen molar-refractivity contribution in [2.24, 2.45) is 5.92 Å². The van der Waals surface area contributed by atoms with Gasteiger partial charge < -0.3 is 60.0 Å². The molecule has 22 heteroatoms. The Hall–Kier alpha value is -4.45. The zero-order valence-electron chi connectivity index (χ0n) is 30.8. The zero-order chi connectivity index (χ0) is 41.7. The molecule has 21 nitrogen and oxygen atoms in total. The smallest absolute Gasteiger partial charge is 0.335 e. The summed E-state index contributed by atoms with van der Waals surface area (Å²) < 4.78 is 52.7. The summed E-state index contributed by atoms with van der Waals surface area (Å²) in [7, 11) is -4.31. The molecular weight excluding hydrogens is 770 g/mol. The number of rotatable bonds is 22. The second kappa shape index (κ2) is 21.2. The number of aliphatic carboxylic acids is 2. The van der Waals surface area contributed by atoms with Crippen molar-refractivity contribution in [2.75, 3.05) is 32.1 Å². The van der Waals surface area contributed by atoms with Gasteiger partial charge in [-0.3, -0.25) is 28.5 Å². The molecule has 0 saturated carbocycles. The number of esters is 1. The number of ether oxygens (including phenoxy) is 4. The molecular formula is C34H49N3O18S. The van der Waals surface area contributed by atoms with Crippen LogP contribution in [0.25, 0.3) is 0 Å². The van der Waals surface area contributed by atoms with E-state index in [0.29, 0.717) is 30.4 Å². The summed E-state index contributed by atoms with van der Waals surface area (Å²) in [6.07, 6.45) is -8.76. The highest BCUT2D eigenvalue weighted by atomic mass is 32.2. The van der Waals surface area contributed by atoms with Crippen LogP contribution in [0.15, 0.2) is 18.2 Å². The van der Waals surface area contributed by atoms with Crippen molar-refractivity contribution >= 4 is 45.7 Å². The molecule has 3 rings (SSSR count). The topological polar surface area (TPSA) is 322 Å². The van der Waals surface area contributed by atoms with Crippen molar-refractivity contribution in [2.45, 2.75) is 102 Å². The normalized spacial score (nSPS) is 23.8. The summed E-state index contributed by atoms with van der Waals surface area (Å²) in [4.78, 5) is 73.9. The number of carbonyl (C=O) groups is 6. The molecule has 0 radical (unpaired) electrons. The van der Waals surface area contributed by atoms with E-state index in [4.69, 9.17) is 28.6 Å². The van der Waals surface area contributed by atoms with Gasteiger partial charge in [-0.15, -0.1) is 0 Å². The molecule has 3 amide bonds. The van der Waals surface area contributed by atoms with Gasteiger partial charge in [-0.05, 0) is 37.3 Å². The Morgan fingerprint density at radius 1 is 1.00 bits per heavy atom. The predicted octanol–water partition coefficient (Wildman–Crippen LogP) is -2.05. The number of nitrogens with zero attached hydrogens (tertiary/aromatic N) is 1. The number of nitrogens with one attached hydrogen (secondary N) is 2. The Balaban J connectivity index is 1.60. The van der Waals surface area contributed by atoms with Gasteiger partial charge in [0.1, 0.15) is 36.7 Å². The van der Waals surface area contributed by atoms with E-state index in [2.05, 4.69) is 10.6 Å². The van der Waals surface area contributed by atoms with Crippen LogP contribution in [0.1, 0.15) is 57.1 Å². The summed E-state index contributed by atoms with van der Waals surface area (Å²) in [5, 5.41) is 54.1. The standard InChI is InChI=1S/C34H49N3O18S/c1-18(2)33(48)53-16-20-7-6-19(13-23(20)54-34-29(44)27(42)28(43)30(55-34)32(46)47)5-3-4-10-35-25(39)15-37-21(17-52-11-12-56(49,50)51)14-22(31(37)45)36-24(38)8-9-26(40)41/h6-7,13,18,21-22,27-30,34,42-44H,3-5,8-12,14-17H2,1-2H3,(H,35,39)(H,36,38)(H,40,41)(H,46,47)(H,49,50,51)/t21-,22-,27-,28-,29+,30-,34+/m0/s1. The van der Waals surface area contributed by atoms with Crippen molar-refractivity contribution < 1.29 is 86.2 Å². The number of hydrogen-bond donors (Lipinski definition) is 8. The molecule has 8 N–H and O–H groups in total. The van der Waals surface area contributed by atoms with Crippen molar-refractivity contribution in [1.29, 1.82) is 0 Å². The minimum atomic E-state index is -4.31. The molecule has 1 aromatic carbocycles. The average Bonchev–Trinajstić information content (AvgIpc) is 3.40. The summed E-state index contributed by atoms with van der Waals surface area (Å²) >= 11 is 0. The maximum Gasteiger partial charge on any atom is 0.335 e. The van der Waals surface area contributed by atoms with E-state index in [1.165, 1.54) is 0 Å². The lowest BCUT2D eigenvalue weighted by Gasteiger charge is -2.38. The third-order valence-corrected chi connectivity index (χ3v) is 9.47. The van der Waals surface area contributed by atoms with Gasteiger partial charge in [-0.25, -0.2) is 4.79 Å². The Morgan fingerprint density at radius 2 is 1.71 bits per heavy atom. The number of aliphatic hydroxyl groups is 3. The van der Waals surface area contributed by atoms with E-state index in [9.17, 15) is 57.6 Å². The third kappa shape index (κ3) is 14.2. The fourth-order valence-electron chi connectivity index (χ4n) is 5.70. The predicted molar refractivity (Wildman–Crippen MR) is 188 cm³/mol. The fourth-order valence-corrected chi connectivity index (χ4v) is 6.03. The van der Waals surface area contributed by atoms with Gasteiger partial charge in [0.2, 0.25) is 24.0 Å². The van der Waals surface area contributed by atoms with Gasteiger partial charge >= 0.3 is 17.9 Å². The highest BCUT2D eigenvalue weighted by molar-refractivity contribution is 7.85. The van der Waals surface area contributed by atoms with Crippen LogP contribution in [-0.2, 0) is 66.1 Å². The molecule has 2 saturated heterocycles. The Bertz CT molecular complexity index is 1670. The Morgan fingerprint density at radius 3 is 2.36 bits per heavy atom. The van der Waals surface area contributed by atoms with Crippen molar-refractivity contribution in [1.82, 2.24) is 15.5 Å². The SMILES string of the molecule is CC(C)C(=O)OCc1ccc(CCCCNC(=O)CN2C(=O)[C@@H](NC(=O)CCC(=O)O)C[C@H]2COCCS(=O)(=O)O)cc1O[C@@H]1O[C@H](C(=O)O)[C@@H](O)[C@H](O)[C@H]1O. The quantitative estimate of drug-likeness (QED) is 0.0355. The maximum absolute atomic E-state index is 13.1. The van der Waals surface area contributed by atoms with Crippen LogP contribution in [0, 0.1) is 5.92 Å². The van der Waals surface area contributed by atoms with E-state index in [1.54, 1.807) is 32.0 Å². The number of carbonyl (C=O) groups excluding carboxylic acids is 4. The summed E-state index contributed by atoms with van der Waals surface area (Å²) in [6, 6.07) is 3.03. The van der Waals surface area contributed by atoms with Gasteiger partial charge in [0.05, 0.1) is 43.9 Å². The van der Waals surface area contributed by atoms with Crippen LogP contribution in [-0.4, -0.2) is 154 Å². The van der Waals surface area contributed by atoms with E-state index in [1.807, 2.05) is 0 Å². The van der Waals surface area contributed by atoms with Gasteiger partial charge in [0.25, 0.3) is 10.1 Å². The first kappa shape index (κ1) is 45.9. The number of carboxylic acids is 2. The van der Waals surface area contributed by atoms with Gasteiger partial charge in [0, 0.05) is 18.5 Å². The lowest BCUT2D eigenvalue weighted by Crippen LogP contribution is -2.61. The van der Waals surface area contributed by atoms with E-state index in [0.717, 1.165) is 4.90 Å². The van der Waals surface area contributed by atoms with Crippen LogP contribution >= 0.6 is 0 Å². The first-order valence-electron chi connectivity index (χ1n) is 17.8. The van der Waals surface area contributed by atoms with Crippen LogP contribution < -0.4 is 15.4 Å². The molecule has 2 fully saturated rings. The first-order valence-corrected chi connectivity index (χ1v) is 19.4. The minimum Gasteiger partial charge on any atom is -0.481 e. The molecule has 56 heavy (non-hydrogen) atoms. The van der Waals surface area contributed by atoms with Gasteiger partial charge in [-0.2, -0.15) is 8.42 Å². The molecule has 0 unspecified atom stereocenters. The third-order valence-electron chi connectivity index (χ3n) is 8.78. The summed E-state index contributed by atoms with van der Waals surface area (Å²) in [5.74, 6) is -6.25. The lowest BCUT2D eigenvalue weighted by atomic mass is 9.99.